The Labute approximate surface area is 154 Å². The van der Waals surface area contributed by atoms with Crippen LogP contribution in [0.4, 0.5) is 10.4 Å². The number of rotatable bonds is 3. The summed E-state index contributed by atoms with van der Waals surface area (Å²) in [6, 6.07) is 9.99. The fourth-order valence-corrected chi connectivity index (χ4v) is 3.37. The fraction of sp³-hybridized carbons (Fsp3) is 0.263. The third-order valence-corrected chi connectivity index (χ3v) is 4.84. The Balaban J connectivity index is 1.46. The zero-order valence-corrected chi connectivity index (χ0v) is 14.9. The van der Waals surface area contributed by atoms with Gasteiger partial charge in [0.05, 0.1) is 10.6 Å². The molecule has 2 aromatic carbocycles. The molecule has 1 aliphatic heterocycles. The molecule has 0 unspecified atom stereocenters. The molecule has 0 saturated carbocycles. The molecule has 0 aliphatic carbocycles. The molecule has 3 aromatic rings. The molecule has 4 rings (SSSR count). The molecule has 134 valence electrons. The largest absolute Gasteiger partial charge is 0.423 e. The minimum Gasteiger partial charge on any atom is -0.423 e. The number of halogens is 2. The Bertz CT molecular complexity index is 988. The molecule has 1 amide bonds. The number of benzene rings is 2. The maximum atomic E-state index is 13.2. The van der Waals surface area contributed by atoms with Crippen LogP contribution in [-0.2, 0) is 0 Å². The van der Waals surface area contributed by atoms with Gasteiger partial charge in [0.2, 0.25) is 0 Å². The SMILES string of the molecule is Cc1ccc(Cl)c(C(=O)N2CC[C@@H](Nc3nc4ccc(F)cc4o3)C2)c1. The summed E-state index contributed by atoms with van der Waals surface area (Å²) in [5.41, 5.74) is 2.49. The van der Waals surface area contributed by atoms with Crippen LogP contribution in [0.3, 0.4) is 0 Å². The average molecular weight is 374 g/mol. The van der Waals surface area contributed by atoms with E-state index < -0.39 is 0 Å². The Morgan fingerprint density at radius 3 is 3.04 bits per heavy atom. The van der Waals surface area contributed by atoms with E-state index in [1.54, 1.807) is 23.1 Å². The first-order valence-corrected chi connectivity index (χ1v) is 8.75. The third kappa shape index (κ3) is 3.24. The molecule has 1 atom stereocenters. The second-order valence-electron chi connectivity index (χ2n) is 6.50. The lowest BCUT2D eigenvalue weighted by molar-refractivity contribution is 0.0791. The van der Waals surface area contributed by atoms with Gasteiger partial charge in [0.1, 0.15) is 11.3 Å². The number of oxazole rings is 1. The van der Waals surface area contributed by atoms with Gasteiger partial charge in [-0.2, -0.15) is 4.98 Å². The van der Waals surface area contributed by atoms with Crippen molar-refractivity contribution in [3.05, 3.63) is 58.4 Å². The lowest BCUT2D eigenvalue weighted by atomic mass is 10.1. The number of hydrogen-bond donors (Lipinski definition) is 1. The molecule has 0 radical (unpaired) electrons. The van der Waals surface area contributed by atoms with Crippen LogP contribution in [0.5, 0.6) is 0 Å². The van der Waals surface area contributed by atoms with Crippen molar-refractivity contribution in [1.82, 2.24) is 9.88 Å². The lowest BCUT2D eigenvalue weighted by Gasteiger charge is -2.17. The summed E-state index contributed by atoms with van der Waals surface area (Å²) in [6.45, 7) is 3.07. The molecule has 1 saturated heterocycles. The molecule has 0 spiro atoms. The summed E-state index contributed by atoms with van der Waals surface area (Å²) >= 11 is 6.17. The number of amides is 1. The van der Waals surface area contributed by atoms with Crippen molar-refractivity contribution in [2.24, 2.45) is 0 Å². The third-order valence-electron chi connectivity index (χ3n) is 4.51. The van der Waals surface area contributed by atoms with Crippen molar-refractivity contribution in [3.63, 3.8) is 0 Å². The standard InChI is InChI=1S/C19H17ClFN3O2/c1-11-2-4-15(20)14(8-11)18(25)24-7-6-13(10-24)22-19-23-16-5-3-12(21)9-17(16)26-19/h2-5,8-9,13H,6-7,10H2,1H3,(H,22,23)/t13-/m1/s1. The highest BCUT2D eigenvalue weighted by atomic mass is 35.5. The minimum absolute atomic E-state index is 0.0143. The number of carbonyl (C=O) groups is 1. The highest BCUT2D eigenvalue weighted by molar-refractivity contribution is 6.33. The predicted octanol–water partition coefficient (Wildman–Crippen LogP) is 4.26. The van der Waals surface area contributed by atoms with Gasteiger partial charge in [-0.1, -0.05) is 23.2 Å². The number of likely N-dealkylation sites (tertiary alicyclic amines) is 1. The summed E-state index contributed by atoms with van der Waals surface area (Å²) in [5, 5.41) is 3.64. The lowest BCUT2D eigenvalue weighted by Crippen LogP contribution is -2.31. The van der Waals surface area contributed by atoms with Crippen LogP contribution in [0.25, 0.3) is 11.1 Å². The minimum atomic E-state index is -0.368. The fourth-order valence-electron chi connectivity index (χ4n) is 3.17. The maximum Gasteiger partial charge on any atom is 0.295 e. The van der Waals surface area contributed by atoms with Crippen LogP contribution in [0.15, 0.2) is 40.8 Å². The first kappa shape index (κ1) is 16.8. The zero-order chi connectivity index (χ0) is 18.3. The van der Waals surface area contributed by atoms with Crippen molar-refractivity contribution in [1.29, 1.82) is 0 Å². The molecule has 1 fully saturated rings. The summed E-state index contributed by atoms with van der Waals surface area (Å²) in [6.07, 6.45) is 0.766. The molecule has 0 bridgehead atoms. The predicted molar refractivity (Wildman–Crippen MR) is 98.1 cm³/mol. The van der Waals surface area contributed by atoms with Gasteiger partial charge in [-0.25, -0.2) is 4.39 Å². The molecule has 5 nitrogen and oxygen atoms in total. The number of hydrogen-bond acceptors (Lipinski definition) is 4. The van der Waals surface area contributed by atoms with E-state index in [2.05, 4.69) is 10.3 Å². The number of carbonyl (C=O) groups excluding carboxylic acids is 1. The summed E-state index contributed by atoms with van der Waals surface area (Å²) < 4.78 is 18.8. The van der Waals surface area contributed by atoms with E-state index in [1.807, 2.05) is 13.0 Å². The van der Waals surface area contributed by atoms with Crippen LogP contribution in [0, 0.1) is 12.7 Å². The van der Waals surface area contributed by atoms with Crippen molar-refractivity contribution in [2.75, 3.05) is 18.4 Å². The van der Waals surface area contributed by atoms with Gasteiger partial charge < -0.3 is 14.6 Å². The highest BCUT2D eigenvalue weighted by Crippen LogP contribution is 2.24. The Kier molecular flexibility index (Phi) is 4.28. The van der Waals surface area contributed by atoms with E-state index in [0.717, 1.165) is 12.0 Å². The quantitative estimate of drug-likeness (QED) is 0.745. The molecule has 26 heavy (non-hydrogen) atoms. The van der Waals surface area contributed by atoms with Crippen LogP contribution in [0.1, 0.15) is 22.3 Å². The summed E-state index contributed by atoms with van der Waals surface area (Å²) in [4.78, 5) is 18.8. The molecule has 1 N–H and O–H groups in total. The van der Waals surface area contributed by atoms with E-state index in [9.17, 15) is 9.18 Å². The van der Waals surface area contributed by atoms with E-state index in [4.69, 9.17) is 16.0 Å². The molecule has 2 heterocycles. The van der Waals surface area contributed by atoms with Crippen LogP contribution < -0.4 is 5.32 Å². The first-order chi connectivity index (χ1) is 12.5. The van der Waals surface area contributed by atoms with Gasteiger partial charge in [0.25, 0.3) is 11.9 Å². The van der Waals surface area contributed by atoms with Crippen molar-refractivity contribution in [3.8, 4) is 0 Å². The smallest absolute Gasteiger partial charge is 0.295 e. The maximum absolute atomic E-state index is 13.2. The van der Waals surface area contributed by atoms with Crippen LogP contribution in [-0.4, -0.2) is 34.9 Å². The second kappa shape index (κ2) is 6.61. The van der Waals surface area contributed by atoms with E-state index in [0.29, 0.717) is 40.8 Å². The van der Waals surface area contributed by atoms with Crippen LogP contribution >= 0.6 is 11.6 Å². The monoisotopic (exact) mass is 373 g/mol. The Hall–Kier alpha value is -2.60. The van der Waals surface area contributed by atoms with Crippen molar-refractivity contribution in [2.45, 2.75) is 19.4 Å². The van der Waals surface area contributed by atoms with Gasteiger partial charge in [0, 0.05) is 25.2 Å². The topological polar surface area (TPSA) is 58.4 Å². The van der Waals surface area contributed by atoms with Gasteiger partial charge in [-0.15, -0.1) is 0 Å². The molecular formula is C19H17ClFN3O2. The van der Waals surface area contributed by atoms with E-state index in [1.165, 1.54) is 12.1 Å². The van der Waals surface area contributed by atoms with Gasteiger partial charge in [-0.3, -0.25) is 4.79 Å². The second-order valence-corrected chi connectivity index (χ2v) is 6.90. The number of fused-ring (bicyclic) bond motifs is 1. The Morgan fingerprint density at radius 2 is 2.19 bits per heavy atom. The normalized spacial score (nSPS) is 17.0. The summed E-state index contributed by atoms with van der Waals surface area (Å²) in [5.74, 6) is -0.449. The van der Waals surface area contributed by atoms with Crippen molar-refractivity contribution < 1.29 is 13.6 Å². The molecular weight excluding hydrogens is 357 g/mol. The van der Waals surface area contributed by atoms with Crippen LogP contribution in [0.2, 0.25) is 5.02 Å². The average Bonchev–Trinajstić information content (AvgIpc) is 3.22. The zero-order valence-electron chi connectivity index (χ0n) is 14.1. The number of anilines is 1. The van der Waals surface area contributed by atoms with Gasteiger partial charge in [0.15, 0.2) is 5.58 Å². The highest BCUT2D eigenvalue weighted by Gasteiger charge is 2.29. The number of aryl methyl sites for hydroxylation is 1. The number of nitrogens with zero attached hydrogens (tertiary/aromatic N) is 2. The number of aromatic nitrogens is 1. The summed E-state index contributed by atoms with van der Waals surface area (Å²) in [7, 11) is 0. The molecule has 1 aliphatic rings. The Morgan fingerprint density at radius 1 is 1.35 bits per heavy atom. The van der Waals surface area contributed by atoms with Gasteiger partial charge >= 0.3 is 0 Å². The van der Waals surface area contributed by atoms with E-state index in [-0.39, 0.29) is 17.8 Å². The molecule has 1 aromatic heterocycles. The van der Waals surface area contributed by atoms with Crippen molar-refractivity contribution >= 4 is 34.6 Å². The van der Waals surface area contributed by atoms with E-state index >= 15 is 0 Å². The first-order valence-electron chi connectivity index (χ1n) is 8.37. The molecule has 7 heteroatoms. The number of nitrogens with one attached hydrogen (secondary N) is 1. The van der Waals surface area contributed by atoms with Gasteiger partial charge in [-0.05, 0) is 37.6 Å².